The van der Waals surface area contributed by atoms with Crippen molar-refractivity contribution in [3.63, 3.8) is 0 Å². The molecule has 0 bridgehead atoms. The number of carbonyl (C=O) groups is 2. The molecule has 0 unspecified atom stereocenters. The number of ether oxygens (including phenoxy) is 2. The average molecular weight is 445 g/mol. The maximum Gasteiger partial charge on any atom is 0.407 e. The van der Waals surface area contributed by atoms with Crippen LogP contribution < -0.4 is 5.32 Å². The molecule has 0 aliphatic heterocycles. The Morgan fingerprint density at radius 2 is 1.39 bits per heavy atom. The summed E-state index contributed by atoms with van der Waals surface area (Å²) in [6.07, 6.45) is -4.70. The van der Waals surface area contributed by atoms with Gasteiger partial charge in [-0.2, -0.15) is 0 Å². The highest BCUT2D eigenvalue weighted by Crippen LogP contribution is 2.46. The molecule has 0 saturated carbocycles. The maximum absolute atomic E-state index is 12.3. The van der Waals surface area contributed by atoms with Crippen LogP contribution in [0.2, 0.25) is 0 Å². The summed E-state index contributed by atoms with van der Waals surface area (Å²) in [4.78, 5) is 24.2. The van der Waals surface area contributed by atoms with Crippen molar-refractivity contribution >= 4 is 44.4 Å². The van der Waals surface area contributed by atoms with E-state index in [1.54, 1.807) is 6.07 Å². The van der Waals surface area contributed by atoms with Gasteiger partial charge in [-0.1, -0.05) is 60.7 Å². The van der Waals surface area contributed by atoms with Crippen molar-refractivity contribution in [3.05, 3.63) is 71.8 Å². The first-order valence-electron chi connectivity index (χ1n) is 10.7. The first-order chi connectivity index (χ1) is 15.9. The van der Waals surface area contributed by atoms with E-state index in [0.29, 0.717) is 11.1 Å². The van der Waals surface area contributed by atoms with E-state index in [0.717, 1.165) is 32.3 Å². The zero-order valence-electron chi connectivity index (χ0n) is 18.1. The van der Waals surface area contributed by atoms with Crippen LogP contribution in [0.25, 0.3) is 32.3 Å². The van der Waals surface area contributed by atoms with Gasteiger partial charge in [0.15, 0.2) is 6.10 Å². The number of esters is 1. The third kappa shape index (κ3) is 3.28. The molecule has 0 radical (unpaired) electrons. The molecule has 5 rings (SSSR count). The Labute approximate surface area is 189 Å². The SMILES string of the molecule is COC(=O)N[C@@H]1c2c(ccc3c4ccccc4c4ccccc4c23)[C@@H](O)[C@H](O)[C@@H]1OC(C)=O. The molecular formula is C26H23NO6. The molecule has 7 nitrogen and oxygen atoms in total. The van der Waals surface area contributed by atoms with E-state index in [1.807, 2.05) is 48.5 Å². The largest absolute Gasteiger partial charge is 0.457 e. The molecule has 0 spiro atoms. The molecule has 0 aromatic heterocycles. The lowest BCUT2D eigenvalue weighted by atomic mass is 9.77. The van der Waals surface area contributed by atoms with E-state index in [-0.39, 0.29) is 0 Å². The van der Waals surface area contributed by atoms with Crippen LogP contribution >= 0.6 is 0 Å². The zero-order valence-corrected chi connectivity index (χ0v) is 18.1. The van der Waals surface area contributed by atoms with E-state index >= 15 is 0 Å². The molecule has 4 atom stereocenters. The van der Waals surface area contributed by atoms with Crippen molar-refractivity contribution in [3.8, 4) is 0 Å². The summed E-state index contributed by atoms with van der Waals surface area (Å²) in [5, 5.41) is 30.3. The number of hydrogen-bond acceptors (Lipinski definition) is 6. The lowest BCUT2D eigenvalue weighted by Gasteiger charge is -2.40. The maximum atomic E-state index is 12.3. The molecule has 4 aromatic carbocycles. The molecule has 4 aromatic rings. The van der Waals surface area contributed by atoms with Crippen LogP contribution in [0.15, 0.2) is 60.7 Å². The number of aliphatic hydroxyl groups excluding tert-OH is 2. The van der Waals surface area contributed by atoms with E-state index < -0.39 is 36.4 Å². The summed E-state index contributed by atoms with van der Waals surface area (Å²) in [5.74, 6) is -0.637. The van der Waals surface area contributed by atoms with E-state index in [2.05, 4.69) is 11.4 Å². The smallest absolute Gasteiger partial charge is 0.407 e. The quantitative estimate of drug-likeness (QED) is 0.319. The number of methoxy groups -OCH3 is 1. The third-order valence-electron chi connectivity index (χ3n) is 6.36. The zero-order chi connectivity index (χ0) is 23.3. The second-order valence-corrected chi connectivity index (χ2v) is 8.21. The van der Waals surface area contributed by atoms with Crippen molar-refractivity contribution in [1.29, 1.82) is 0 Å². The van der Waals surface area contributed by atoms with Crippen LogP contribution in [0.1, 0.15) is 30.2 Å². The van der Waals surface area contributed by atoms with Gasteiger partial charge in [0.25, 0.3) is 0 Å². The number of fused-ring (bicyclic) bond motifs is 8. The molecule has 168 valence electrons. The Bertz CT molecular complexity index is 1380. The fourth-order valence-electron chi connectivity index (χ4n) is 5.03. The molecule has 0 heterocycles. The summed E-state index contributed by atoms with van der Waals surface area (Å²) < 4.78 is 10.2. The van der Waals surface area contributed by atoms with Gasteiger partial charge < -0.3 is 25.0 Å². The number of aliphatic hydroxyl groups is 2. The Kier molecular flexibility index (Phi) is 5.15. The predicted molar refractivity (Wildman–Crippen MR) is 124 cm³/mol. The van der Waals surface area contributed by atoms with Gasteiger partial charge in [0.05, 0.1) is 13.2 Å². The molecule has 33 heavy (non-hydrogen) atoms. The van der Waals surface area contributed by atoms with Crippen LogP contribution in [0.5, 0.6) is 0 Å². The Morgan fingerprint density at radius 3 is 1.97 bits per heavy atom. The van der Waals surface area contributed by atoms with Crippen LogP contribution in [0, 0.1) is 0 Å². The lowest BCUT2D eigenvalue weighted by Crippen LogP contribution is -2.50. The minimum Gasteiger partial charge on any atom is -0.457 e. The van der Waals surface area contributed by atoms with Gasteiger partial charge in [0, 0.05) is 6.92 Å². The van der Waals surface area contributed by atoms with E-state index in [4.69, 9.17) is 9.47 Å². The van der Waals surface area contributed by atoms with E-state index in [1.165, 1.54) is 14.0 Å². The molecule has 0 saturated heterocycles. The van der Waals surface area contributed by atoms with Gasteiger partial charge in [-0.05, 0) is 43.4 Å². The molecule has 0 fully saturated rings. The fourth-order valence-corrected chi connectivity index (χ4v) is 5.03. The topological polar surface area (TPSA) is 105 Å². The highest BCUT2D eigenvalue weighted by atomic mass is 16.6. The molecular weight excluding hydrogens is 422 g/mol. The van der Waals surface area contributed by atoms with Crippen molar-refractivity contribution in [2.75, 3.05) is 7.11 Å². The lowest BCUT2D eigenvalue weighted by molar-refractivity contribution is -0.163. The fraction of sp³-hybridized carbons (Fsp3) is 0.231. The number of alkyl carbamates (subject to hydrolysis) is 1. The van der Waals surface area contributed by atoms with Crippen LogP contribution in [-0.4, -0.2) is 41.6 Å². The Balaban J connectivity index is 1.93. The molecule has 1 aliphatic carbocycles. The average Bonchev–Trinajstić information content (AvgIpc) is 2.83. The van der Waals surface area contributed by atoms with E-state index in [9.17, 15) is 19.8 Å². The van der Waals surface area contributed by atoms with Crippen molar-refractivity contribution in [2.45, 2.75) is 31.3 Å². The Hall–Kier alpha value is -3.68. The van der Waals surface area contributed by atoms with Crippen LogP contribution in [0.4, 0.5) is 4.79 Å². The normalized spacial score (nSPS) is 22.2. The number of carbonyl (C=O) groups excluding carboxylic acids is 2. The molecule has 1 amide bonds. The Morgan fingerprint density at radius 1 is 0.848 bits per heavy atom. The highest BCUT2D eigenvalue weighted by Gasteiger charge is 2.45. The third-order valence-corrected chi connectivity index (χ3v) is 6.36. The van der Waals surface area contributed by atoms with Crippen molar-refractivity contribution < 1.29 is 29.3 Å². The van der Waals surface area contributed by atoms with Crippen LogP contribution in [-0.2, 0) is 14.3 Å². The summed E-state index contributed by atoms with van der Waals surface area (Å²) in [6, 6.07) is 18.6. The standard InChI is InChI=1S/C26H23NO6/c1-13(28)33-25-22(27-26(31)32-2)21-19(23(29)24(25)30)12-11-18-16-9-4-3-7-14(16)15-8-5-6-10-17(15)20(18)21/h3-12,22-25,29-30H,1-2H3,(H,27,31)/t22-,23-,24+,25-/m1/s1. The monoisotopic (exact) mass is 445 g/mol. The van der Waals surface area contributed by atoms with Crippen LogP contribution in [0.3, 0.4) is 0 Å². The summed E-state index contributed by atoms with van der Waals surface area (Å²) in [5.41, 5.74) is 1.05. The first kappa shape index (κ1) is 21.2. The number of nitrogens with one attached hydrogen (secondary N) is 1. The first-order valence-corrected chi connectivity index (χ1v) is 10.7. The van der Waals surface area contributed by atoms with Gasteiger partial charge in [-0.3, -0.25) is 4.79 Å². The highest BCUT2D eigenvalue weighted by molar-refractivity contribution is 6.26. The summed E-state index contributed by atoms with van der Waals surface area (Å²) in [6.45, 7) is 1.22. The minimum absolute atomic E-state index is 0.459. The van der Waals surface area contributed by atoms with Gasteiger partial charge in [-0.15, -0.1) is 0 Å². The number of hydrogen-bond donors (Lipinski definition) is 3. The van der Waals surface area contributed by atoms with Crippen molar-refractivity contribution in [2.24, 2.45) is 0 Å². The second-order valence-electron chi connectivity index (χ2n) is 8.21. The summed E-state index contributed by atoms with van der Waals surface area (Å²) in [7, 11) is 1.23. The predicted octanol–water partition coefficient (Wildman–Crippen LogP) is 3.88. The number of rotatable bonds is 2. The van der Waals surface area contributed by atoms with Gasteiger partial charge in [0.1, 0.15) is 12.2 Å². The number of amides is 1. The number of benzene rings is 4. The molecule has 3 N–H and O–H groups in total. The van der Waals surface area contributed by atoms with Gasteiger partial charge >= 0.3 is 12.1 Å². The second kappa shape index (κ2) is 8.03. The van der Waals surface area contributed by atoms with Gasteiger partial charge in [0.2, 0.25) is 0 Å². The summed E-state index contributed by atoms with van der Waals surface area (Å²) >= 11 is 0. The molecule has 1 aliphatic rings. The van der Waals surface area contributed by atoms with Crippen molar-refractivity contribution in [1.82, 2.24) is 5.32 Å². The van der Waals surface area contributed by atoms with Gasteiger partial charge in [-0.25, -0.2) is 4.79 Å². The molecule has 7 heteroatoms. The minimum atomic E-state index is -1.44.